The van der Waals surface area contributed by atoms with Gasteiger partial charge in [0.05, 0.1) is 10.7 Å². The van der Waals surface area contributed by atoms with E-state index in [9.17, 15) is 19.7 Å². The molecule has 0 saturated heterocycles. The predicted molar refractivity (Wildman–Crippen MR) is 108 cm³/mol. The van der Waals surface area contributed by atoms with Crippen LogP contribution in [0.15, 0.2) is 39.5 Å². The normalized spacial score (nSPS) is 19.1. The highest BCUT2D eigenvalue weighted by Gasteiger charge is 2.41. The molecule has 1 aromatic carbocycles. The number of rotatable bonds is 4. The van der Waals surface area contributed by atoms with Crippen molar-refractivity contribution in [2.45, 2.75) is 26.8 Å². The Morgan fingerprint density at radius 3 is 2.52 bits per heavy atom. The Labute approximate surface area is 163 Å². The molecule has 0 spiro atoms. The van der Waals surface area contributed by atoms with Crippen LogP contribution in [-0.2, 0) is 4.79 Å². The van der Waals surface area contributed by atoms with Crippen molar-refractivity contribution in [2.24, 2.45) is 20.6 Å². The van der Waals surface area contributed by atoms with Gasteiger partial charge in [-0.1, -0.05) is 32.5 Å². The molecular formula is C17H16N4O4S2. The molecule has 0 radical (unpaired) electrons. The molecule has 27 heavy (non-hydrogen) atoms. The molecule has 10 heteroatoms. The first-order valence-corrected chi connectivity index (χ1v) is 9.83. The smallest absolute Gasteiger partial charge is 0.269 e. The van der Waals surface area contributed by atoms with Crippen LogP contribution in [0.4, 0.5) is 5.69 Å². The maximum Gasteiger partial charge on any atom is 0.269 e. The van der Waals surface area contributed by atoms with Crippen LogP contribution in [0, 0.1) is 15.5 Å². The third kappa shape index (κ3) is 4.16. The first-order chi connectivity index (χ1) is 12.7. The summed E-state index contributed by atoms with van der Waals surface area (Å²) >= 11 is 2.47. The summed E-state index contributed by atoms with van der Waals surface area (Å²) in [5.41, 5.74) is 0.313. The van der Waals surface area contributed by atoms with Crippen molar-refractivity contribution in [3.05, 3.63) is 39.9 Å². The molecule has 8 nitrogen and oxygen atoms in total. The Hall–Kier alpha value is -2.33. The van der Waals surface area contributed by atoms with Gasteiger partial charge in [0.2, 0.25) is 5.78 Å². The van der Waals surface area contributed by atoms with Crippen molar-refractivity contribution >= 4 is 55.9 Å². The van der Waals surface area contributed by atoms with Crippen LogP contribution >= 0.6 is 23.5 Å². The molecule has 1 aromatic rings. The van der Waals surface area contributed by atoms with Crippen LogP contribution in [0.2, 0.25) is 0 Å². The monoisotopic (exact) mass is 404 g/mol. The number of thioether (sulfide) groups is 2. The van der Waals surface area contributed by atoms with Crippen LogP contribution in [0.5, 0.6) is 0 Å². The van der Waals surface area contributed by atoms with Gasteiger partial charge in [-0.2, -0.15) is 5.10 Å². The maximum atomic E-state index is 12.6. The summed E-state index contributed by atoms with van der Waals surface area (Å²) in [5.74, 6) is -0.213. The Bertz CT molecular complexity index is 914. The third-order valence-corrected chi connectivity index (χ3v) is 5.98. The van der Waals surface area contributed by atoms with Crippen LogP contribution in [0.1, 0.15) is 31.1 Å². The summed E-state index contributed by atoms with van der Waals surface area (Å²) in [5, 5.41) is 19.4. The topological polar surface area (TPSA) is 114 Å². The van der Waals surface area contributed by atoms with Gasteiger partial charge in [-0.25, -0.2) is 0 Å². The molecule has 0 N–H and O–H groups in total. The second kappa shape index (κ2) is 7.35. The van der Waals surface area contributed by atoms with E-state index in [4.69, 9.17) is 0 Å². The molecule has 1 unspecified atom stereocenters. The fraction of sp³-hybridized carbons (Fsp3) is 0.353. The van der Waals surface area contributed by atoms with E-state index in [2.05, 4.69) is 15.2 Å². The standard InChI is InChI=1S/C17H16N4O4S2/c1-17(2,3)14-13(23)12-15(20-19-14)27-16(18-12)26-8-11(22)9-4-6-10(7-5-9)21(24)25/h4-7,12H,8H2,1-3H3. The summed E-state index contributed by atoms with van der Waals surface area (Å²) in [7, 11) is 0. The van der Waals surface area contributed by atoms with Crippen molar-refractivity contribution in [1.29, 1.82) is 0 Å². The lowest BCUT2D eigenvalue weighted by atomic mass is 9.85. The molecule has 3 rings (SSSR count). The average molecular weight is 404 g/mol. The first-order valence-electron chi connectivity index (χ1n) is 8.03. The van der Waals surface area contributed by atoms with Crippen LogP contribution < -0.4 is 0 Å². The van der Waals surface area contributed by atoms with Crippen LogP contribution in [0.25, 0.3) is 0 Å². The van der Waals surface area contributed by atoms with E-state index in [1.807, 2.05) is 20.8 Å². The Morgan fingerprint density at radius 1 is 1.26 bits per heavy atom. The third-order valence-electron chi connectivity index (χ3n) is 3.83. The first kappa shape index (κ1) is 19.4. The number of Topliss-reactive ketones (excluding diaryl/α,β-unsaturated/α-hetero) is 2. The van der Waals surface area contributed by atoms with Gasteiger partial charge in [0.25, 0.3) is 5.69 Å². The number of hydrogen-bond acceptors (Lipinski definition) is 9. The van der Waals surface area contributed by atoms with Gasteiger partial charge >= 0.3 is 0 Å². The van der Waals surface area contributed by atoms with Gasteiger partial charge in [0.1, 0.15) is 15.1 Å². The predicted octanol–water partition coefficient (Wildman–Crippen LogP) is 3.37. The summed E-state index contributed by atoms with van der Waals surface area (Å²) in [4.78, 5) is 39.4. The minimum atomic E-state index is -0.668. The highest BCUT2D eigenvalue weighted by molar-refractivity contribution is 8.45. The van der Waals surface area contributed by atoms with E-state index < -0.39 is 16.4 Å². The molecular weight excluding hydrogens is 388 g/mol. The molecule has 2 aliphatic rings. The van der Waals surface area contributed by atoms with Gasteiger partial charge in [-0.15, -0.1) is 5.10 Å². The Morgan fingerprint density at radius 2 is 1.93 bits per heavy atom. The number of fused-ring (bicyclic) bond motifs is 1. The molecule has 140 valence electrons. The SMILES string of the molecule is CC(C)(C)C1=NN=C2SC(SCC(=O)c3ccc([N+](=O)[O-])cc3)=NC2C1=O. The van der Waals surface area contributed by atoms with E-state index in [-0.39, 0.29) is 23.0 Å². The lowest BCUT2D eigenvalue weighted by Crippen LogP contribution is -2.40. The number of nitro groups is 1. The fourth-order valence-electron chi connectivity index (χ4n) is 2.42. The van der Waals surface area contributed by atoms with Crippen molar-refractivity contribution in [2.75, 3.05) is 5.75 Å². The average Bonchev–Trinajstić information content (AvgIpc) is 3.03. The summed E-state index contributed by atoms with van der Waals surface area (Å²) in [6, 6.07) is 4.79. The van der Waals surface area contributed by atoms with E-state index in [1.54, 1.807) is 0 Å². The number of ketones is 2. The second-order valence-corrected chi connectivity index (χ2v) is 9.15. The number of aliphatic imine (C=N–C) groups is 1. The maximum absolute atomic E-state index is 12.6. The van der Waals surface area contributed by atoms with Crippen molar-refractivity contribution in [1.82, 2.24) is 0 Å². The molecule has 2 heterocycles. The van der Waals surface area contributed by atoms with Gasteiger partial charge < -0.3 is 0 Å². The summed E-state index contributed by atoms with van der Waals surface area (Å²) in [6.45, 7) is 5.69. The molecule has 1 atom stereocenters. The molecule has 0 aliphatic carbocycles. The van der Waals surface area contributed by atoms with Gasteiger partial charge in [-0.05, 0) is 23.9 Å². The fourth-order valence-corrected chi connectivity index (χ4v) is 4.38. The van der Waals surface area contributed by atoms with E-state index in [0.29, 0.717) is 20.7 Å². The highest BCUT2D eigenvalue weighted by Crippen LogP contribution is 2.33. The van der Waals surface area contributed by atoms with Crippen LogP contribution in [-0.4, -0.2) is 43.4 Å². The molecule has 0 fully saturated rings. The minimum Gasteiger partial charge on any atom is -0.293 e. The Balaban J connectivity index is 1.64. The van der Waals surface area contributed by atoms with E-state index >= 15 is 0 Å². The molecule has 0 saturated carbocycles. The molecule has 0 amide bonds. The van der Waals surface area contributed by atoms with Gasteiger partial charge in [0.15, 0.2) is 11.8 Å². The lowest BCUT2D eigenvalue weighted by Gasteiger charge is -2.22. The molecule has 0 aromatic heterocycles. The zero-order valence-corrected chi connectivity index (χ0v) is 16.5. The van der Waals surface area contributed by atoms with Crippen molar-refractivity contribution in [3.8, 4) is 0 Å². The number of carbonyl (C=O) groups is 2. The number of non-ortho nitro benzene ring substituents is 1. The number of nitrogens with zero attached hydrogens (tertiary/aromatic N) is 4. The van der Waals surface area contributed by atoms with Crippen LogP contribution in [0.3, 0.4) is 0 Å². The Kier molecular flexibility index (Phi) is 5.29. The number of hydrogen-bond donors (Lipinski definition) is 0. The number of benzene rings is 1. The largest absolute Gasteiger partial charge is 0.293 e. The zero-order valence-electron chi connectivity index (χ0n) is 14.8. The molecule has 0 bridgehead atoms. The number of nitro benzene ring substituents is 1. The summed E-state index contributed by atoms with van der Waals surface area (Å²) in [6.07, 6.45) is 0. The minimum absolute atomic E-state index is 0.0646. The molecule has 2 aliphatic heterocycles. The van der Waals surface area contributed by atoms with Crippen molar-refractivity contribution < 1.29 is 14.5 Å². The van der Waals surface area contributed by atoms with Gasteiger partial charge in [-0.3, -0.25) is 24.7 Å². The second-order valence-electron chi connectivity index (χ2n) is 6.92. The number of carbonyl (C=O) groups excluding carboxylic acids is 2. The van der Waals surface area contributed by atoms with E-state index in [1.165, 1.54) is 47.8 Å². The van der Waals surface area contributed by atoms with Gasteiger partial charge in [0, 0.05) is 23.1 Å². The zero-order chi connectivity index (χ0) is 19.8. The lowest BCUT2D eigenvalue weighted by molar-refractivity contribution is -0.384. The quantitative estimate of drug-likeness (QED) is 0.432. The summed E-state index contributed by atoms with van der Waals surface area (Å²) < 4.78 is 0.590. The highest BCUT2D eigenvalue weighted by atomic mass is 32.2. The van der Waals surface area contributed by atoms with Crippen molar-refractivity contribution in [3.63, 3.8) is 0 Å². The van der Waals surface area contributed by atoms with E-state index in [0.717, 1.165) is 0 Å².